The fourth-order valence-corrected chi connectivity index (χ4v) is 3.38. The minimum Gasteiger partial charge on any atom is -0.454 e. The van der Waals surface area contributed by atoms with Crippen LogP contribution in [-0.2, 0) is 15.6 Å². The molecule has 0 spiro atoms. The SMILES string of the molecule is Cc1ccc(C=CS(=O)(=O)NCC(C)(O)c2ccc3c(c2)OCO3)cc1. The Morgan fingerprint density at radius 2 is 1.85 bits per heavy atom. The average molecular weight is 375 g/mol. The molecule has 0 amide bonds. The van der Waals surface area contributed by atoms with Crippen molar-refractivity contribution in [2.45, 2.75) is 19.4 Å². The standard InChI is InChI=1S/C19H21NO5S/c1-14-3-5-15(6-4-14)9-10-26(22,23)20-12-19(2,21)16-7-8-17-18(11-16)25-13-24-17/h3-11,20-21H,12-13H2,1-2H3. The summed E-state index contributed by atoms with van der Waals surface area (Å²) in [5, 5.41) is 11.7. The second kappa shape index (κ2) is 7.11. The van der Waals surface area contributed by atoms with E-state index in [2.05, 4.69) is 4.72 Å². The first-order valence-electron chi connectivity index (χ1n) is 8.12. The fraction of sp³-hybridized carbons (Fsp3) is 0.263. The molecule has 1 unspecified atom stereocenters. The molecule has 0 aromatic heterocycles. The lowest BCUT2D eigenvalue weighted by Gasteiger charge is -2.24. The summed E-state index contributed by atoms with van der Waals surface area (Å²) in [6.45, 7) is 3.46. The molecule has 0 saturated heterocycles. The molecule has 138 valence electrons. The van der Waals surface area contributed by atoms with Gasteiger partial charge in [0.05, 0.1) is 0 Å². The molecular formula is C19H21NO5S. The normalized spacial score (nSPS) is 16.0. The van der Waals surface area contributed by atoms with Crippen molar-refractivity contribution >= 4 is 16.1 Å². The number of fused-ring (bicyclic) bond motifs is 1. The zero-order chi connectivity index (χ0) is 18.8. The number of benzene rings is 2. The van der Waals surface area contributed by atoms with Gasteiger partial charge >= 0.3 is 0 Å². The van der Waals surface area contributed by atoms with Crippen molar-refractivity contribution in [3.8, 4) is 11.5 Å². The maximum absolute atomic E-state index is 12.2. The van der Waals surface area contributed by atoms with Crippen LogP contribution in [0, 0.1) is 6.92 Å². The number of ether oxygens (including phenoxy) is 2. The van der Waals surface area contributed by atoms with Gasteiger partial charge in [-0.2, -0.15) is 0 Å². The number of rotatable bonds is 6. The number of sulfonamides is 1. The van der Waals surface area contributed by atoms with Gasteiger partial charge in [-0.1, -0.05) is 35.9 Å². The van der Waals surface area contributed by atoms with Crippen LogP contribution in [0.1, 0.15) is 23.6 Å². The van der Waals surface area contributed by atoms with Gasteiger partial charge in [-0.3, -0.25) is 0 Å². The van der Waals surface area contributed by atoms with E-state index in [1.807, 2.05) is 31.2 Å². The molecule has 2 aromatic rings. The van der Waals surface area contributed by atoms with Crippen LogP contribution in [0.2, 0.25) is 0 Å². The van der Waals surface area contributed by atoms with E-state index in [-0.39, 0.29) is 13.3 Å². The first-order chi connectivity index (χ1) is 12.3. The maximum Gasteiger partial charge on any atom is 0.233 e. The monoisotopic (exact) mass is 375 g/mol. The van der Waals surface area contributed by atoms with Crippen molar-refractivity contribution in [1.29, 1.82) is 0 Å². The summed E-state index contributed by atoms with van der Waals surface area (Å²) in [4.78, 5) is 0. The Hall–Kier alpha value is -2.35. The lowest BCUT2D eigenvalue weighted by atomic mass is 9.96. The van der Waals surface area contributed by atoms with Crippen LogP contribution in [0.3, 0.4) is 0 Å². The van der Waals surface area contributed by atoms with Crippen LogP contribution in [0.15, 0.2) is 47.9 Å². The number of hydrogen-bond donors (Lipinski definition) is 2. The fourth-order valence-electron chi connectivity index (χ4n) is 2.47. The van der Waals surface area contributed by atoms with E-state index < -0.39 is 15.6 Å². The molecule has 6 nitrogen and oxygen atoms in total. The summed E-state index contributed by atoms with van der Waals surface area (Å²) >= 11 is 0. The van der Waals surface area contributed by atoms with Crippen molar-refractivity contribution in [1.82, 2.24) is 4.72 Å². The summed E-state index contributed by atoms with van der Waals surface area (Å²) in [7, 11) is -3.69. The van der Waals surface area contributed by atoms with E-state index in [0.717, 1.165) is 16.5 Å². The first-order valence-corrected chi connectivity index (χ1v) is 9.67. The van der Waals surface area contributed by atoms with Crippen molar-refractivity contribution in [2.75, 3.05) is 13.3 Å². The Morgan fingerprint density at radius 1 is 1.15 bits per heavy atom. The molecule has 7 heteroatoms. The van der Waals surface area contributed by atoms with Crippen molar-refractivity contribution in [3.63, 3.8) is 0 Å². The predicted octanol–water partition coefficient (Wildman–Crippen LogP) is 2.52. The van der Waals surface area contributed by atoms with Crippen LogP contribution < -0.4 is 14.2 Å². The van der Waals surface area contributed by atoms with Gasteiger partial charge in [-0.05, 0) is 43.2 Å². The topological polar surface area (TPSA) is 84.9 Å². The molecule has 3 rings (SSSR count). The van der Waals surface area contributed by atoms with Gasteiger partial charge in [0.1, 0.15) is 5.60 Å². The Bertz CT molecular complexity index is 917. The van der Waals surface area contributed by atoms with Gasteiger partial charge in [0.2, 0.25) is 16.8 Å². The highest BCUT2D eigenvalue weighted by atomic mass is 32.2. The molecule has 1 atom stereocenters. The molecule has 0 saturated carbocycles. The smallest absolute Gasteiger partial charge is 0.233 e. The van der Waals surface area contributed by atoms with Gasteiger partial charge in [0.25, 0.3) is 0 Å². The predicted molar refractivity (Wildman–Crippen MR) is 99.3 cm³/mol. The Balaban J connectivity index is 1.67. The third-order valence-corrected chi connectivity index (χ3v) is 5.17. The summed E-state index contributed by atoms with van der Waals surface area (Å²) in [6.07, 6.45) is 1.51. The van der Waals surface area contributed by atoms with E-state index in [1.165, 1.54) is 13.0 Å². The van der Waals surface area contributed by atoms with Gasteiger partial charge in [0.15, 0.2) is 11.5 Å². The lowest BCUT2D eigenvalue weighted by molar-refractivity contribution is 0.0626. The zero-order valence-corrected chi connectivity index (χ0v) is 15.4. The molecular weight excluding hydrogens is 354 g/mol. The van der Waals surface area contributed by atoms with Crippen LogP contribution in [0.25, 0.3) is 6.08 Å². The molecule has 2 aromatic carbocycles. The molecule has 0 bridgehead atoms. The quantitative estimate of drug-likeness (QED) is 0.810. The number of aryl methyl sites for hydroxylation is 1. The highest BCUT2D eigenvalue weighted by Crippen LogP contribution is 2.35. The molecule has 26 heavy (non-hydrogen) atoms. The molecule has 1 aliphatic heterocycles. The first kappa shape index (κ1) is 18.4. The molecule has 0 radical (unpaired) electrons. The highest BCUT2D eigenvalue weighted by Gasteiger charge is 2.27. The van der Waals surface area contributed by atoms with Gasteiger partial charge in [-0.15, -0.1) is 0 Å². The van der Waals surface area contributed by atoms with Gasteiger partial charge < -0.3 is 14.6 Å². The zero-order valence-electron chi connectivity index (χ0n) is 14.6. The summed E-state index contributed by atoms with van der Waals surface area (Å²) in [6, 6.07) is 12.5. The number of nitrogens with one attached hydrogen (secondary N) is 1. The maximum atomic E-state index is 12.2. The Kier molecular flexibility index (Phi) is 5.04. The summed E-state index contributed by atoms with van der Waals surface area (Å²) in [5.74, 6) is 1.14. The van der Waals surface area contributed by atoms with Crippen LogP contribution in [0.4, 0.5) is 0 Å². The lowest BCUT2D eigenvalue weighted by Crippen LogP contribution is -2.37. The van der Waals surface area contributed by atoms with Crippen molar-refractivity contribution < 1.29 is 23.0 Å². The third kappa shape index (κ3) is 4.43. The van der Waals surface area contributed by atoms with Crippen molar-refractivity contribution in [3.05, 3.63) is 64.6 Å². The van der Waals surface area contributed by atoms with Crippen LogP contribution >= 0.6 is 0 Å². The minimum atomic E-state index is -3.69. The minimum absolute atomic E-state index is 0.136. The average Bonchev–Trinajstić information content (AvgIpc) is 3.08. The van der Waals surface area contributed by atoms with Crippen molar-refractivity contribution in [2.24, 2.45) is 0 Å². The van der Waals surface area contributed by atoms with Gasteiger partial charge in [-0.25, -0.2) is 13.1 Å². The van der Waals surface area contributed by atoms with Gasteiger partial charge in [0, 0.05) is 12.0 Å². The molecule has 2 N–H and O–H groups in total. The molecule has 0 fully saturated rings. The Labute approximate surface area is 153 Å². The van der Waals surface area contributed by atoms with E-state index in [1.54, 1.807) is 18.2 Å². The molecule has 0 aliphatic carbocycles. The third-order valence-electron chi connectivity index (χ3n) is 4.13. The number of hydrogen-bond acceptors (Lipinski definition) is 5. The van der Waals surface area contributed by atoms with E-state index in [9.17, 15) is 13.5 Å². The second-order valence-corrected chi connectivity index (χ2v) is 8.07. The van der Waals surface area contributed by atoms with E-state index in [0.29, 0.717) is 17.1 Å². The van der Waals surface area contributed by atoms with E-state index in [4.69, 9.17) is 9.47 Å². The summed E-state index contributed by atoms with van der Waals surface area (Å²) < 4.78 is 37.3. The van der Waals surface area contributed by atoms with E-state index >= 15 is 0 Å². The molecule has 1 aliphatic rings. The summed E-state index contributed by atoms with van der Waals surface area (Å²) in [5.41, 5.74) is 1.02. The second-order valence-electron chi connectivity index (χ2n) is 6.42. The molecule has 1 heterocycles. The Morgan fingerprint density at radius 3 is 2.58 bits per heavy atom. The van der Waals surface area contributed by atoms with Crippen LogP contribution in [0.5, 0.6) is 11.5 Å². The highest BCUT2D eigenvalue weighted by molar-refractivity contribution is 7.92. The van der Waals surface area contributed by atoms with Crippen LogP contribution in [-0.4, -0.2) is 26.9 Å². The largest absolute Gasteiger partial charge is 0.454 e. The number of aliphatic hydroxyl groups is 1.